The number of rotatable bonds is 7. The standard InChI is InChI=1S/C16H19NO2P2/c1-3-13-9-5-7-11-15(13)18-20-17-21-19-16-12-8-6-10-14(16)4-2/h5-12,20H,3-4H2,1-2H3. The van der Waals surface area contributed by atoms with Gasteiger partial charge in [-0.1, -0.05) is 50.2 Å². The Balaban J connectivity index is 1.86. The normalized spacial score (nSPS) is 11.3. The molecule has 0 fully saturated rings. The Morgan fingerprint density at radius 1 is 0.905 bits per heavy atom. The lowest BCUT2D eigenvalue weighted by molar-refractivity contribution is 0.616. The molecule has 0 heterocycles. The van der Waals surface area contributed by atoms with E-state index < -0.39 is 0 Å². The molecule has 0 saturated heterocycles. The van der Waals surface area contributed by atoms with E-state index in [2.05, 4.69) is 30.5 Å². The number of benzene rings is 2. The van der Waals surface area contributed by atoms with Gasteiger partial charge in [0.2, 0.25) is 17.6 Å². The summed E-state index contributed by atoms with van der Waals surface area (Å²) in [5.41, 5.74) is 2.40. The molecule has 3 nitrogen and oxygen atoms in total. The van der Waals surface area contributed by atoms with Crippen molar-refractivity contribution >= 4 is 17.6 Å². The van der Waals surface area contributed by atoms with Gasteiger partial charge in [0.25, 0.3) is 0 Å². The summed E-state index contributed by atoms with van der Waals surface area (Å²) in [4.78, 5) is 0. The summed E-state index contributed by atoms with van der Waals surface area (Å²) in [6, 6.07) is 16.1. The van der Waals surface area contributed by atoms with Crippen LogP contribution in [0.1, 0.15) is 25.0 Å². The quantitative estimate of drug-likeness (QED) is 0.602. The molecule has 0 saturated carbocycles. The maximum Gasteiger partial charge on any atom is 0.249 e. The smallest absolute Gasteiger partial charge is 0.249 e. The van der Waals surface area contributed by atoms with Gasteiger partial charge in [0.05, 0.1) is 0 Å². The summed E-state index contributed by atoms with van der Waals surface area (Å²) in [5.74, 6) is 1.80. The summed E-state index contributed by atoms with van der Waals surface area (Å²) in [7, 11) is 0.622. The van der Waals surface area contributed by atoms with E-state index in [1.807, 2.05) is 36.4 Å². The minimum absolute atomic E-state index is 0.0459. The molecular weight excluding hydrogens is 300 g/mol. The molecule has 0 N–H and O–H groups in total. The third-order valence-electron chi connectivity index (χ3n) is 3.08. The molecule has 2 rings (SSSR count). The van der Waals surface area contributed by atoms with Crippen LogP contribution in [0.3, 0.4) is 0 Å². The van der Waals surface area contributed by atoms with E-state index in [4.69, 9.17) is 9.05 Å². The predicted octanol–water partition coefficient (Wildman–Crippen LogP) is 5.82. The van der Waals surface area contributed by atoms with Gasteiger partial charge < -0.3 is 9.05 Å². The van der Waals surface area contributed by atoms with Gasteiger partial charge in [0.1, 0.15) is 11.5 Å². The maximum absolute atomic E-state index is 5.70. The van der Waals surface area contributed by atoms with Crippen LogP contribution in [0.5, 0.6) is 11.5 Å². The third kappa shape index (κ3) is 4.81. The summed E-state index contributed by atoms with van der Waals surface area (Å²) in [5, 5.41) is 0. The van der Waals surface area contributed by atoms with E-state index in [1.54, 1.807) is 0 Å². The average Bonchev–Trinajstić information content (AvgIpc) is 2.55. The molecule has 5 heteroatoms. The van der Waals surface area contributed by atoms with Crippen LogP contribution in [0.25, 0.3) is 0 Å². The van der Waals surface area contributed by atoms with Crippen LogP contribution in [0.4, 0.5) is 0 Å². The second-order valence-corrected chi connectivity index (χ2v) is 5.92. The van der Waals surface area contributed by atoms with Crippen LogP contribution in [0.2, 0.25) is 0 Å². The molecule has 21 heavy (non-hydrogen) atoms. The van der Waals surface area contributed by atoms with Crippen molar-refractivity contribution in [3.05, 3.63) is 59.7 Å². The van der Waals surface area contributed by atoms with E-state index in [1.165, 1.54) is 11.1 Å². The average molecular weight is 319 g/mol. The predicted molar refractivity (Wildman–Crippen MR) is 90.6 cm³/mol. The monoisotopic (exact) mass is 319 g/mol. The molecule has 0 aromatic heterocycles. The minimum Gasteiger partial charge on any atom is -0.453 e. The van der Waals surface area contributed by atoms with Crippen LogP contribution in [0, 0.1) is 0 Å². The summed E-state index contributed by atoms with van der Waals surface area (Å²) in [6.45, 7) is 4.23. The Morgan fingerprint density at radius 3 is 2.14 bits per heavy atom. The van der Waals surface area contributed by atoms with Gasteiger partial charge in [-0.15, -0.1) is 0 Å². The van der Waals surface area contributed by atoms with Crippen molar-refractivity contribution in [2.75, 3.05) is 0 Å². The lowest BCUT2D eigenvalue weighted by Crippen LogP contribution is -1.85. The van der Waals surface area contributed by atoms with E-state index in [-0.39, 0.29) is 8.96 Å². The highest BCUT2D eigenvalue weighted by Crippen LogP contribution is 2.30. The van der Waals surface area contributed by atoms with Gasteiger partial charge >= 0.3 is 0 Å². The number of para-hydroxylation sites is 2. The minimum atomic E-state index is 0.0459. The number of nitrogens with zero attached hydrogens (tertiary/aromatic N) is 1. The van der Waals surface area contributed by atoms with Crippen molar-refractivity contribution in [3.63, 3.8) is 0 Å². The van der Waals surface area contributed by atoms with Gasteiger partial charge in [-0.05, 0) is 36.1 Å². The number of aryl methyl sites for hydroxylation is 2. The van der Waals surface area contributed by atoms with Gasteiger partial charge in [0, 0.05) is 0 Å². The highest BCUT2D eigenvalue weighted by molar-refractivity contribution is 7.39. The number of hydrogen-bond donors (Lipinski definition) is 0. The molecule has 0 aliphatic heterocycles. The Labute approximate surface area is 129 Å². The van der Waals surface area contributed by atoms with Crippen LogP contribution >= 0.6 is 17.6 Å². The van der Waals surface area contributed by atoms with Gasteiger partial charge in [0.15, 0.2) is 0 Å². The molecule has 0 aliphatic rings. The first-order valence-electron chi connectivity index (χ1n) is 6.99. The first-order valence-corrected chi connectivity index (χ1v) is 8.62. The zero-order valence-electron chi connectivity index (χ0n) is 12.2. The molecule has 2 aromatic rings. The van der Waals surface area contributed by atoms with Crippen molar-refractivity contribution in [1.29, 1.82) is 0 Å². The Hall–Kier alpha value is -1.43. The molecule has 1 atom stereocenters. The van der Waals surface area contributed by atoms with E-state index in [9.17, 15) is 0 Å². The molecular formula is C16H19NO2P2. The summed E-state index contributed by atoms with van der Waals surface area (Å²) < 4.78 is 15.6. The summed E-state index contributed by atoms with van der Waals surface area (Å²) in [6.07, 6.45) is 1.91. The van der Waals surface area contributed by atoms with Crippen molar-refractivity contribution < 1.29 is 9.05 Å². The maximum atomic E-state index is 5.70. The van der Waals surface area contributed by atoms with Crippen molar-refractivity contribution in [1.82, 2.24) is 0 Å². The Bertz CT molecular complexity index is 602. The zero-order chi connectivity index (χ0) is 14.9. The van der Waals surface area contributed by atoms with E-state index >= 15 is 0 Å². The molecule has 110 valence electrons. The lowest BCUT2D eigenvalue weighted by atomic mass is 10.1. The molecule has 0 radical (unpaired) electrons. The fraction of sp³-hybridized carbons (Fsp3) is 0.250. The topological polar surface area (TPSA) is 30.8 Å². The molecule has 1 unspecified atom stereocenters. The fourth-order valence-electron chi connectivity index (χ4n) is 1.93. The SMILES string of the molecule is CCc1ccccc1OP=NPOc1ccccc1CC. The highest BCUT2D eigenvalue weighted by atomic mass is 31.1. The largest absolute Gasteiger partial charge is 0.453 e. The summed E-state index contributed by atoms with van der Waals surface area (Å²) >= 11 is 0. The van der Waals surface area contributed by atoms with Crippen LogP contribution in [-0.4, -0.2) is 0 Å². The van der Waals surface area contributed by atoms with Gasteiger partial charge in [-0.25, -0.2) is 0 Å². The Morgan fingerprint density at radius 2 is 1.48 bits per heavy atom. The molecule has 2 aromatic carbocycles. The molecule has 0 bridgehead atoms. The Kier molecular flexibility index (Phi) is 6.66. The van der Waals surface area contributed by atoms with Crippen molar-refractivity contribution in [2.45, 2.75) is 26.7 Å². The van der Waals surface area contributed by atoms with Crippen molar-refractivity contribution in [2.24, 2.45) is 4.52 Å². The molecule has 0 amide bonds. The lowest BCUT2D eigenvalue weighted by Gasteiger charge is -2.07. The first-order chi connectivity index (χ1) is 10.3. The van der Waals surface area contributed by atoms with Crippen LogP contribution in [-0.2, 0) is 12.8 Å². The van der Waals surface area contributed by atoms with E-state index in [0.29, 0.717) is 8.60 Å². The van der Waals surface area contributed by atoms with Gasteiger partial charge in [-0.2, -0.15) is 4.52 Å². The highest BCUT2D eigenvalue weighted by Gasteiger charge is 2.01. The second kappa shape index (κ2) is 8.77. The number of hydrogen-bond acceptors (Lipinski definition) is 3. The third-order valence-corrected chi connectivity index (χ3v) is 4.33. The van der Waals surface area contributed by atoms with Gasteiger partial charge in [-0.3, -0.25) is 0 Å². The molecule has 0 aliphatic carbocycles. The molecule has 0 spiro atoms. The van der Waals surface area contributed by atoms with E-state index in [0.717, 1.165) is 24.3 Å². The van der Waals surface area contributed by atoms with Crippen LogP contribution in [0.15, 0.2) is 53.0 Å². The van der Waals surface area contributed by atoms with Crippen LogP contribution < -0.4 is 9.05 Å². The first kappa shape index (κ1) is 15.9. The van der Waals surface area contributed by atoms with Crippen molar-refractivity contribution in [3.8, 4) is 11.5 Å². The fourth-order valence-corrected chi connectivity index (χ4v) is 2.95. The second-order valence-electron chi connectivity index (χ2n) is 4.39. The zero-order valence-corrected chi connectivity index (χ0v) is 14.1.